The molecule has 0 radical (unpaired) electrons. The maximum Gasteiger partial charge on any atom is 0.270 e. The molecule has 31 heavy (non-hydrogen) atoms. The average Bonchev–Trinajstić information content (AvgIpc) is 3.20. The molecular formula is C21H13BrClN3O5. The van der Waals surface area contributed by atoms with Crippen LogP contribution in [0.4, 0.5) is 11.4 Å². The maximum absolute atomic E-state index is 12.5. The van der Waals surface area contributed by atoms with Gasteiger partial charge in [-0.25, -0.2) is 0 Å². The van der Waals surface area contributed by atoms with Crippen molar-refractivity contribution in [3.05, 3.63) is 79.5 Å². The quantitative estimate of drug-likeness (QED) is 0.196. The summed E-state index contributed by atoms with van der Waals surface area (Å²) in [5.41, 5.74) is 0.626. The van der Waals surface area contributed by atoms with Crippen LogP contribution < -0.4 is 10.1 Å². The van der Waals surface area contributed by atoms with Gasteiger partial charge in [0.2, 0.25) is 0 Å². The van der Waals surface area contributed by atoms with Gasteiger partial charge in [0.1, 0.15) is 28.9 Å². The van der Waals surface area contributed by atoms with E-state index in [1.54, 1.807) is 24.3 Å². The number of non-ortho nitro benzene ring substituents is 1. The smallest absolute Gasteiger partial charge is 0.270 e. The number of halogens is 2. The second-order valence-electron chi connectivity index (χ2n) is 6.09. The molecular weight excluding hydrogens is 490 g/mol. The summed E-state index contributed by atoms with van der Waals surface area (Å²) in [5, 5.41) is 23.3. The second-order valence-corrected chi connectivity index (χ2v) is 7.38. The van der Waals surface area contributed by atoms with E-state index in [0.717, 1.165) is 0 Å². The van der Waals surface area contributed by atoms with Gasteiger partial charge in [0.25, 0.3) is 11.6 Å². The summed E-state index contributed by atoms with van der Waals surface area (Å²) < 4.78 is 11.3. The first-order valence-electron chi connectivity index (χ1n) is 8.63. The van der Waals surface area contributed by atoms with Crippen molar-refractivity contribution in [3.63, 3.8) is 0 Å². The van der Waals surface area contributed by atoms with Gasteiger partial charge >= 0.3 is 0 Å². The highest BCUT2D eigenvalue weighted by Gasteiger charge is 2.16. The van der Waals surface area contributed by atoms with Crippen LogP contribution in [0.15, 0.2) is 63.0 Å². The molecule has 3 aromatic rings. The number of anilines is 1. The maximum atomic E-state index is 12.5. The number of nitrogens with zero attached hydrogens (tertiary/aromatic N) is 2. The summed E-state index contributed by atoms with van der Waals surface area (Å²) in [7, 11) is 1.45. The normalized spacial score (nSPS) is 11.0. The van der Waals surface area contributed by atoms with Crippen LogP contribution in [0, 0.1) is 21.4 Å². The van der Waals surface area contributed by atoms with E-state index in [2.05, 4.69) is 21.2 Å². The Morgan fingerprint density at radius 3 is 2.71 bits per heavy atom. The van der Waals surface area contributed by atoms with Crippen LogP contribution in [0.3, 0.4) is 0 Å². The number of carbonyl (C=O) groups excluding carboxylic acids is 1. The molecule has 1 aromatic heterocycles. The van der Waals surface area contributed by atoms with E-state index in [4.69, 9.17) is 20.8 Å². The first-order valence-corrected chi connectivity index (χ1v) is 9.80. The number of carbonyl (C=O) groups is 1. The van der Waals surface area contributed by atoms with E-state index in [1.165, 1.54) is 37.5 Å². The molecule has 0 fully saturated rings. The minimum Gasteiger partial charge on any atom is -0.495 e. The van der Waals surface area contributed by atoms with Crippen LogP contribution >= 0.6 is 27.5 Å². The van der Waals surface area contributed by atoms with Gasteiger partial charge in [0.05, 0.1) is 17.7 Å². The topological polar surface area (TPSA) is 118 Å². The van der Waals surface area contributed by atoms with Crippen molar-refractivity contribution < 1.29 is 18.9 Å². The first-order chi connectivity index (χ1) is 14.8. The zero-order valence-corrected chi connectivity index (χ0v) is 18.2. The lowest BCUT2D eigenvalue weighted by Gasteiger charge is -2.09. The highest BCUT2D eigenvalue weighted by molar-refractivity contribution is 9.10. The molecule has 1 heterocycles. The number of nitro groups is 1. The summed E-state index contributed by atoms with van der Waals surface area (Å²) in [6.07, 6.45) is 1.29. The minimum atomic E-state index is -0.669. The largest absolute Gasteiger partial charge is 0.495 e. The molecule has 0 saturated carbocycles. The van der Waals surface area contributed by atoms with E-state index in [-0.39, 0.29) is 17.0 Å². The molecule has 0 spiro atoms. The fourth-order valence-electron chi connectivity index (χ4n) is 2.65. The molecule has 0 aliphatic rings. The van der Waals surface area contributed by atoms with Gasteiger partial charge in [-0.3, -0.25) is 14.9 Å². The molecule has 1 N–H and O–H groups in total. The Bertz CT molecular complexity index is 1250. The number of hydrogen-bond acceptors (Lipinski definition) is 6. The Labute approximate surface area is 190 Å². The van der Waals surface area contributed by atoms with Crippen LogP contribution in [0.5, 0.6) is 5.75 Å². The Kier molecular flexibility index (Phi) is 6.74. The summed E-state index contributed by atoms with van der Waals surface area (Å²) in [4.78, 5) is 22.9. The number of nitro benzene ring substituents is 1. The summed E-state index contributed by atoms with van der Waals surface area (Å²) in [6, 6.07) is 14.0. The van der Waals surface area contributed by atoms with Gasteiger partial charge in [0.15, 0.2) is 0 Å². The van der Waals surface area contributed by atoms with Crippen molar-refractivity contribution in [2.45, 2.75) is 0 Å². The number of nitriles is 1. The van der Waals surface area contributed by atoms with E-state index >= 15 is 0 Å². The number of methoxy groups -OCH3 is 1. The van der Waals surface area contributed by atoms with Crippen LogP contribution in [-0.2, 0) is 4.79 Å². The number of nitrogens with one attached hydrogen (secondary N) is 1. The number of amides is 1. The molecule has 0 atom stereocenters. The molecule has 0 aliphatic heterocycles. The van der Waals surface area contributed by atoms with Gasteiger partial charge < -0.3 is 14.5 Å². The zero-order valence-electron chi connectivity index (χ0n) is 15.9. The molecule has 156 valence electrons. The Morgan fingerprint density at radius 1 is 1.29 bits per heavy atom. The number of hydrogen-bond donors (Lipinski definition) is 1. The minimum absolute atomic E-state index is 0.0674. The second kappa shape index (κ2) is 9.47. The molecule has 2 aromatic carbocycles. The van der Waals surface area contributed by atoms with Crippen molar-refractivity contribution in [1.82, 2.24) is 0 Å². The van der Waals surface area contributed by atoms with Gasteiger partial charge in [0, 0.05) is 33.3 Å². The number of ether oxygens (including phenoxy) is 1. The van der Waals surface area contributed by atoms with Crippen molar-refractivity contribution in [1.29, 1.82) is 5.26 Å². The Hall–Kier alpha value is -3.61. The zero-order chi connectivity index (χ0) is 22.5. The van der Waals surface area contributed by atoms with Crippen molar-refractivity contribution in [2.24, 2.45) is 0 Å². The SMILES string of the molecule is COc1ccc(Cl)cc1NC(=O)/C(C#N)=C/c1ccc(-c2ccc([N+](=O)[O-])cc2Br)o1. The van der Waals surface area contributed by atoms with Gasteiger partial charge in [-0.05, 0) is 52.3 Å². The van der Waals surface area contributed by atoms with Gasteiger partial charge in [-0.15, -0.1) is 0 Å². The molecule has 0 unspecified atom stereocenters. The van der Waals surface area contributed by atoms with Crippen molar-refractivity contribution in [2.75, 3.05) is 12.4 Å². The van der Waals surface area contributed by atoms with Crippen LogP contribution in [0.25, 0.3) is 17.4 Å². The fraction of sp³-hybridized carbons (Fsp3) is 0.0476. The predicted molar refractivity (Wildman–Crippen MR) is 119 cm³/mol. The third kappa shape index (κ3) is 5.12. The number of rotatable bonds is 6. The Morgan fingerprint density at radius 2 is 2.06 bits per heavy atom. The molecule has 1 amide bonds. The molecule has 8 nitrogen and oxygen atoms in total. The molecule has 3 rings (SSSR count). The van der Waals surface area contributed by atoms with E-state index < -0.39 is 10.8 Å². The van der Waals surface area contributed by atoms with Crippen molar-refractivity contribution >= 4 is 50.9 Å². The standard InChI is InChI=1S/C21H13BrClN3O5/c1-30-20-6-2-13(23)9-18(20)25-21(27)12(11-24)8-15-4-7-19(31-15)16-5-3-14(26(28)29)10-17(16)22/h2-10H,1H3,(H,25,27)/b12-8+. The molecule has 0 aliphatic carbocycles. The highest BCUT2D eigenvalue weighted by Crippen LogP contribution is 2.33. The lowest BCUT2D eigenvalue weighted by atomic mass is 10.1. The number of furan rings is 1. The lowest BCUT2D eigenvalue weighted by Crippen LogP contribution is -2.14. The lowest BCUT2D eigenvalue weighted by molar-refractivity contribution is -0.384. The molecule has 0 bridgehead atoms. The van der Waals surface area contributed by atoms with Crippen LogP contribution in [0.1, 0.15) is 5.76 Å². The third-order valence-electron chi connectivity index (χ3n) is 4.12. The van der Waals surface area contributed by atoms with Crippen LogP contribution in [-0.4, -0.2) is 17.9 Å². The van der Waals surface area contributed by atoms with Gasteiger partial charge in [-0.2, -0.15) is 5.26 Å². The first kappa shape index (κ1) is 22.1. The van der Waals surface area contributed by atoms with E-state index in [0.29, 0.717) is 32.3 Å². The van der Waals surface area contributed by atoms with Crippen molar-refractivity contribution in [3.8, 4) is 23.1 Å². The fourth-order valence-corrected chi connectivity index (χ4v) is 3.39. The molecule has 10 heteroatoms. The summed E-state index contributed by atoms with van der Waals surface area (Å²) in [5.74, 6) is 0.378. The van der Waals surface area contributed by atoms with Gasteiger partial charge in [-0.1, -0.05) is 11.6 Å². The summed E-state index contributed by atoms with van der Waals surface area (Å²) in [6.45, 7) is 0. The monoisotopic (exact) mass is 501 g/mol. The summed E-state index contributed by atoms with van der Waals surface area (Å²) >= 11 is 9.25. The predicted octanol–water partition coefficient (Wildman–Crippen LogP) is 5.82. The third-order valence-corrected chi connectivity index (χ3v) is 5.01. The van der Waals surface area contributed by atoms with E-state index in [1.807, 2.05) is 6.07 Å². The van der Waals surface area contributed by atoms with Crippen LogP contribution in [0.2, 0.25) is 5.02 Å². The molecule has 0 saturated heterocycles. The number of benzene rings is 2. The average molecular weight is 503 g/mol. The van der Waals surface area contributed by atoms with E-state index in [9.17, 15) is 20.2 Å². The Balaban J connectivity index is 1.85. The highest BCUT2D eigenvalue weighted by atomic mass is 79.9.